The van der Waals surface area contributed by atoms with Crippen LogP contribution in [0.15, 0.2) is 4.99 Å². The monoisotopic (exact) mass is 143 g/mol. The Morgan fingerprint density at radius 3 is 2.30 bits per heavy atom. The van der Waals surface area contributed by atoms with Gasteiger partial charge in [-0.25, -0.2) is 0 Å². The van der Waals surface area contributed by atoms with Crippen LogP contribution < -0.4 is 11.1 Å². The molecule has 0 heterocycles. The summed E-state index contributed by atoms with van der Waals surface area (Å²) in [6.07, 6.45) is 0. The second-order valence-corrected chi connectivity index (χ2v) is 3.52. The fourth-order valence-corrected chi connectivity index (χ4v) is 0.435. The maximum Gasteiger partial charge on any atom is 0.188 e. The average Bonchev–Trinajstić information content (AvgIpc) is 1.81. The van der Waals surface area contributed by atoms with E-state index in [4.69, 9.17) is 5.73 Å². The van der Waals surface area contributed by atoms with Gasteiger partial charge in [-0.15, -0.1) is 0 Å². The summed E-state index contributed by atoms with van der Waals surface area (Å²) in [5.41, 5.74) is 5.68. The van der Waals surface area contributed by atoms with Crippen LogP contribution in [0.1, 0.15) is 20.8 Å². The summed E-state index contributed by atoms with van der Waals surface area (Å²) in [5, 5.41) is 3.00. The molecule has 0 aromatic heterocycles. The molecule has 0 aliphatic rings. The van der Waals surface area contributed by atoms with Gasteiger partial charge in [-0.1, -0.05) is 20.8 Å². The summed E-state index contributed by atoms with van der Waals surface area (Å²) in [7, 11) is 1.67. The smallest absolute Gasteiger partial charge is 0.188 e. The Hall–Kier alpha value is -0.730. The SMILES string of the molecule is CN=C(N)NCC(C)(C)C. The number of guanidine groups is 1. The first-order valence-electron chi connectivity index (χ1n) is 3.42. The third kappa shape index (κ3) is 5.41. The Labute approximate surface area is 62.7 Å². The van der Waals surface area contributed by atoms with E-state index in [1.165, 1.54) is 0 Å². The van der Waals surface area contributed by atoms with Crippen LogP contribution in [0, 0.1) is 5.41 Å². The third-order valence-corrected chi connectivity index (χ3v) is 1.04. The number of nitrogens with two attached hydrogens (primary N) is 1. The van der Waals surface area contributed by atoms with Crippen LogP contribution in [0.5, 0.6) is 0 Å². The summed E-state index contributed by atoms with van der Waals surface area (Å²) < 4.78 is 0. The van der Waals surface area contributed by atoms with Gasteiger partial charge in [0.25, 0.3) is 0 Å². The first kappa shape index (κ1) is 9.27. The molecule has 3 heteroatoms. The molecular formula is C7H17N3. The van der Waals surface area contributed by atoms with E-state index in [-0.39, 0.29) is 5.41 Å². The van der Waals surface area contributed by atoms with Gasteiger partial charge in [0, 0.05) is 13.6 Å². The highest BCUT2D eigenvalue weighted by Gasteiger charge is 2.08. The highest BCUT2D eigenvalue weighted by Crippen LogP contribution is 2.09. The van der Waals surface area contributed by atoms with Gasteiger partial charge >= 0.3 is 0 Å². The number of hydrogen-bond acceptors (Lipinski definition) is 1. The quantitative estimate of drug-likeness (QED) is 0.416. The zero-order valence-electron chi connectivity index (χ0n) is 7.23. The summed E-state index contributed by atoms with van der Waals surface area (Å²) in [5.74, 6) is 0.509. The van der Waals surface area contributed by atoms with Crippen molar-refractivity contribution in [1.29, 1.82) is 0 Å². The lowest BCUT2D eigenvalue weighted by atomic mass is 9.97. The van der Waals surface area contributed by atoms with Crippen molar-refractivity contribution < 1.29 is 0 Å². The van der Waals surface area contributed by atoms with Crippen molar-refractivity contribution in [2.45, 2.75) is 20.8 Å². The Morgan fingerprint density at radius 2 is 2.00 bits per heavy atom. The molecule has 60 valence electrons. The van der Waals surface area contributed by atoms with Crippen LogP contribution in [-0.2, 0) is 0 Å². The predicted molar refractivity (Wildman–Crippen MR) is 45.0 cm³/mol. The van der Waals surface area contributed by atoms with E-state index in [9.17, 15) is 0 Å². The lowest BCUT2D eigenvalue weighted by Gasteiger charge is -2.18. The molecule has 0 saturated carbocycles. The van der Waals surface area contributed by atoms with E-state index in [1.54, 1.807) is 7.05 Å². The molecule has 0 amide bonds. The molecule has 0 bridgehead atoms. The first-order chi connectivity index (χ1) is 4.45. The summed E-state index contributed by atoms with van der Waals surface area (Å²) in [6.45, 7) is 7.28. The van der Waals surface area contributed by atoms with Crippen LogP contribution in [0.3, 0.4) is 0 Å². The fourth-order valence-electron chi connectivity index (χ4n) is 0.435. The molecule has 3 N–H and O–H groups in total. The van der Waals surface area contributed by atoms with Gasteiger partial charge in [-0.05, 0) is 5.41 Å². The van der Waals surface area contributed by atoms with Crippen molar-refractivity contribution in [3.8, 4) is 0 Å². The van der Waals surface area contributed by atoms with Crippen LogP contribution in [0.25, 0.3) is 0 Å². The molecule has 0 fully saturated rings. The van der Waals surface area contributed by atoms with Gasteiger partial charge in [0.1, 0.15) is 0 Å². The Kier molecular flexibility index (Phi) is 3.19. The highest BCUT2D eigenvalue weighted by molar-refractivity contribution is 5.77. The molecule has 3 nitrogen and oxygen atoms in total. The zero-order valence-corrected chi connectivity index (χ0v) is 7.23. The number of rotatable bonds is 1. The topological polar surface area (TPSA) is 50.4 Å². The Balaban J connectivity index is 3.56. The van der Waals surface area contributed by atoms with E-state index in [0.717, 1.165) is 6.54 Å². The van der Waals surface area contributed by atoms with Crippen LogP contribution in [0.4, 0.5) is 0 Å². The molecule has 0 spiro atoms. The minimum absolute atomic E-state index is 0.259. The van der Waals surface area contributed by atoms with E-state index >= 15 is 0 Å². The number of hydrogen-bond donors (Lipinski definition) is 2. The van der Waals surface area contributed by atoms with E-state index in [0.29, 0.717) is 5.96 Å². The minimum atomic E-state index is 0.259. The second-order valence-electron chi connectivity index (χ2n) is 3.52. The first-order valence-corrected chi connectivity index (χ1v) is 3.42. The summed E-state index contributed by atoms with van der Waals surface area (Å²) in [4.78, 5) is 3.77. The van der Waals surface area contributed by atoms with Crippen LogP contribution in [0.2, 0.25) is 0 Å². The normalized spacial score (nSPS) is 13.4. The Morgan fingerprint density at radius 1 is 1.50 bits per heavy atom. The van der Waals surface area contributed by atoms with Crippen LogP contribution >= 0.6 is 0 Å². The van der Waals surface area contributed by atoms with Crippen molar-refractivity contribution in [3.05, 3.63) is 0 Å². The lowest BCUT2D eigenvalue weighted by Crippen LogP contribution is -2.37. The van der Waals surface area contributed by atoms with Gasteiger partial charge in [0.05, 0.1) is 0 Å². The van der Waals surface area contributed by atoms with E-state index in [2.05, 4.69) is 31.1 Å². The molecule has 10 heavy (non-hydrogen) atoms. The second kappa shape index (κ2) is 3.44. The molecule has 0 aliphatic heterocycles. The molecule has 0 unspecified atom stereocenters. The molecule has 0 aliphatic carbocycles. The molecular weight excluding hydrogens is 126 g/mol. The molecule has 0 aromatic rings. The molecule has 0 saturated heterocycles. The number of nitrogens with zero attached hydrogens (tertiary/aromatic N) is 1. The highest BCUT2D eigenvalue weighted by atomic mass is 15.1. The van der Waals surface area contributed by atoms with Crippen molar-refractivity contribution >= 4 is 5.96 Å². The summed E-state index contributed by atoms with van der Waals surface area (Å²) in [6, 6.07) is 0. The molecule has 0 aromatic carbocycles. The lowest BCUT2D eigenvalue weighted by molar-refractivity contribution is 0.408. The van der Waals surface area contributed by atoms with E-state index in [1.807, 2.05) is 0 Å². The summed E-state index contributed by atoms with van der Waals surface area (Å²) >= 11 is 0. The average molecular weight is 143 g/mol. The van der Waals surface area contributed by atoms with Crippen LogP contribution in [-0.4, -0.2) is 19.6 Å². The van der Waals surface area contributed by atoms with Crippen molar-refractivity contribution in [2.75, 3.05) is 13.6 Å². The fraction of sp³-hybridized carbons (Fsp3) is 0.857. The zero-order chi connectivity index (χ0) is 8.20. The van der Waals surface area contributed by atoms with Gasteiger partial charge in [-0.2, -0.15) is 0 Å². The minimum Gasteiger partial charge on any atom is -0.370 e. The standard InChI is InChI=1S/C7H17N3/c1-7(2,3)5-10-6(8)9-4/h5H2,1-4H3,(H3,8,9,10). The van der Waals surface area contributed by atoms with Gasteiger partial charge in [-0.3, -0.25) is 4.99 Å². The number of nitrogens with one attached hydrogen (secondary N) is 1. The maximum absolute atomic E-state index is 5.42. The van der Waals surface area contributed by atoms with E-state index < -0.39 is 0 Å². The third-order valence-electron chi connectivity index (χ3n) is 1.04. The molecule has 0 radical (unpaired) electrons. The van der Waals surface area contributed by atoms with Crippen molar-refractivity contribution in [3.63, 3.8) is 0 Å². The maximum atomic E-state index is 5.42. The van der Waals surface area contributed by atoms with Gasteiger partial charge in [0.2, 0.25) is 0 Å². The van der Waals surface area contributed by atoms with Gasteiger partial charge < -0.3 is 11.1 Å². The van der Waals surface area contributed by atoms with Crippen molar-refractivity contribution in [1.82, 2.24) is 5.32 Å². The predicted octanol–water partition coefficient (Wildman–Crippen LogP) is 0.567. The molecule has 0 rings (SSSR count). The molecule has 0 atom stereocenters. The van der Waals surface area contributed by atoms with Crippen molar-refractivity contribution in [2.24, 2.45) is 16.1 Å². The van der Waals surface area contributed by atoms with Gasteiger partial charge in [0.15, 0.2) is 5.96 Å². The largest absolute Gasteiger partial charge is 0.370 e. The number of aliphatic imine (C=N–C) groups is 1. The Bertz CT molecular complexity index is 121.